The molecule has 1 heteroatoms. The van der Waals surface area contributed by atoms with Gasteiger partial charge in [-0.1, -0.05) is 36.4 Å². The zero-order valence-electron chi connectivity index (χ0n) is 4.46. The minimum Gasteiger partial charge on any atom is -0.0623 e. The molecule has 0 atom stereocenters. The molecule has 1 aromatic carbocycles. The maximum Gasteiger partial charge on any atom is 0 e. The molecule has 0 spiro atoms. The van der Waals surface area contributed by atoms with Crippen LogP contribution in [0.3, 0.4) is 0 Å². The molecule has 0 saturated carbocycles. The monoisotopic (exact) mass is 101 g/mol. The van der Waals surface area contributed by atoms with Crippen molar-refractivity contribution in [3.63, 3.8) is 0 Å². The van der Waals surface area contributed by atoms with Crippen molar-refractivity contribution < 1.29 is 0 Å². The van der Waals surface area contributed by atoms with Gasteiger partial charge in [0.05, 0.1) is 0 Å². The standard InChI is InChI=1S/C6H6.Na/c1-2-4-6-5-3-1;/h1-6H;. The van der Waals surface area contributed by atoms with Crippen LogP contribution in [0.15, 0.2) is 36.4 Å². The van der Waals surface area contributed by atoms with Gasteiger partial charge in [0.1, 0.15) is 0 Å². The van der Waals surface area contributed by atoms with E-state index in [1.165, 1.54) is 0 Å². The second kappa shape index (κ2) is 4.38. The van der Waals surface area contributed by atoms with Crippen molar-refractivity contribution in [3.05, 3.63) is 36.4 Å². The summed E-state index contributed by atoms with van der Waals surface area (Å²) < 4.78 is 0. The summed E-state index contributed by atoms with van der Waals surface area (Å²) in [6.45, 7) is 0. The van der Waals surface area contributed by atoms with E-state index in [0.717, 1.165) is 0 Å². The Labute approximate surface area is 65.8 Å². The predicted octanol–water partition coefficient (Wildman–Crippen LogP) is 1.31. The van der Waals surface area contributed by atoms with Gasteiger partial charge in [0.2, 0.25) is 0 Å². The fourth-order valence-corrected chi connectivity index (χ4v) is 0.385. The summed E-state index contributed by atoms with van der Waals surface area (Å²) in [5.74, 6) is 0. The molecular weight excluding hydrogens is 95.1 g/mol. The first-order chi connectivity index (χ1) is 3.00. The third kappa shape index (κ3) is 2.86. The van der Waals surface area contributed by atoms with E-state index >= 15 is 0 Å². The second-order valence-electron chi connectivity index (χ2n) is 1.15. The van der Waals surface area contributed by atoms with Crippen LogP contribution in [-0.4, -0.2) is 29.6 Å². The van der Waals surface area contributed by atoms with E-state index in [4.69, 9.17) is 0 Å². The average molecular weight is 101 g/mol. The summed E-state index contributed by atoms with van der Waals surface area (Å²) in [5, 5.41) is 0. The third-order valence-corrected chi connectivity index (χ3v) is 0.667. The largest absolute Gasteiger partial charge is 0.0623 e. The molecule has 0 amide bonds. The minimum atomic E-state index is 0. The summed E-state index contributed by atoms with van der Waals surface area (Å²) in [6, 6.07) is 12.0. The summed E-state index contributed by atoms with van der Waals surface area (Å²) in [4.78, 5) is 0. The number of benzene rings is 1. The molecule has 0 unspecified atom stereocenters. The quantitative estimate of drug-likeness (QED) is 0.432. The molecule has 0 aliphatic heterocycles. The molecule has 0 bridgehead atoms. The van der Waals surface area contributed by atoms with E-state index < -0.39 is 0 Å². The molecule has 0 heterocycles. The Morgan fingerprint density at radius 2 is 0.571 bits per heavy atom. The van der Waals surface area contributed by atoms with Gasteiger partial charge in [-0.2, -0.15) is 0 Å². The zero-order valence-corrected chi connectivity index (χ0v) is 6.46. The van der Waals surface area contributed by atoms with Crippen LogP contribution in [0.2, 0.25) is 0 Å². The zero-order chi connectivity index (χ0) is 4.24. The van der Waals surface area contributed by atoms with Gasteiger partial charge in [-0.15, -0.1) is 0 Å². The maximum absolute atomic E-state index is 2.00. The Kier molecular flexibility index (Phi) is 4.52. The maximum atomic E-state index is 2.00. The van der Waals surface area contributed by atoms with E-state index in [9.17, 15) is 0 Å². The van der Waals surface area contributed by atoms with Crippen molar-refractivity contribution in [3.8, 4) is 0 Å². The molecule has 7 heavy (non-hydrogen) atoms. The Morgan fingerprint density at radius 3 is 0.714 bits per heavy atom. The molecule has 0 aromatic heterocycles. The van der Waals surface area contributed by atoms with Crippen LogP contribution in [0.4, 0.5) is 0 Å². The first-order valence-electron chi connectivity index (χ1n) is 2.00. The van der Waals surface area contributed by atoms with Gasteiger partial charge in [0.15, 0.2) is 0 Å². The van der Waals surface area contributed by atoms with E-state index in [-0.39, 0.29) is 29.6 Å². The van der Waals surface area contributed by atoms with Crippen molar-refractivity contribution >= 4 is 29.6 Å². The summed E-state index contributed by atoms with van der Waals surface area (Å²) >= 11 is 0. The molecule has 0 N–H and O–H groups in total. The smallest absolute Gasteiger partial charge is 0 e. The normalized spacial score (nSPS) is 6.86. The van der Waals surface area contributed by atoms with Crippen LogP contribution in [-0.2, 0) is 0 Å². The summed E-state index contributed by atoms with van der Waals surface area (Å²) in [6.07, 6.45) is 0. The van der Waals surface area contributed by atoms with Crippen LogP contribution in [0.25, 0.3) is 0 Å². The van der Waals surface area contributed by atoms with Crippen molar-refractivity contribution in [1.82, 2.24) is 0 Å². The molecular formula is C6H6Na. The minimum absolute atomic E-state index is 0. The topological polar surface area (TPSA) is 0 Å². The van der Waals surface area contributed by atoms with Gasteiger partial charge >= 0.3 is 0 Å². The second-order valence-corrected chi connectivity index (χ2v) is 1.15. The van der Waals surface area contributed by atoms with Gasteiger partial charge in [-0.25, -0.2) is 0 Å². The van der Waals surface area contributed by atoms with Crippen LogP contribution in [0, 0.1) is 0 Å². The Balaban J connectivity index is 0.000000360. The van der Waals surface area contributed by atoms with Crippen LogP contribution >= 0.6 is 0 Å². The molecule has 31 valence electrons. The fourth-order valence-electron chi connectivity index (χ4n) is 0.385. The molecule has 0 saturated heterocycles. The molecule has 1 rings (SSSR count). The van der Waals surface area contributed by atoms with E-state index in [0.29, 0.717) is 0 Å². The van der Waals surface area contributed by atoms with Crippen LogP contribution < -0.4 is 0 Å². The van der Waals surface area contributed by atoms with E-state index in [2.05, 4.69) is 0 Å². The van der Waals surface area contributed by atoms with Crippen molar-refractivity contribution in [2.24, 2.45) is 0 Å². The predicted molar refractivity (Wildman–Crippen MR) is 32.2 cm³/mol. The average Bonchev–Trinajstić information content (AvgIpc) is 1.72. The Bertz CT molecular complexity index is 76.1. The van der Waals surface area contributed by atoms with Crippen LogP contribution in [0.1, 0.15) is 0 Å². The van der Waals surface area contributed by atoms with Gasteiger partial charge in [0, 0.05) is 29.6 Å². The van der Waals surface area contributed by atoms with Gasteiger partial charge < -0.3 is 0 Å². The summed E-state index contributed by atoms with van der Waals surface area (Å²) in [5.41, 5.74) is 0. The Morgan fingerprint density at radius 1 is 0.429 bits per heavy atom. The first-order valence-corrected chi connectivity index (χ1v) is 2.00. The molecule has 0 fully saturated rings. The van der Waals surface area contributed by atoms with E-state index in [1.54, 1.807) is 0 Å². The van der Waals surface area contributed by atoms with E-state index in [1.807, 2.05) is 36.4 Å². The molecule has 0 nitrogen and oxygen atoms in total. The number of hydrogen-bond acceptors (Lipinski definition) is 0. The first kappa shape index (κ1) is 7.22. The molecule has 0 aliphatic carbocycles. The fraction of sp³-hybridized carbons (Fsp3) is 0. The molecule has 1 radical (unpaired) electrons. The number of hydrogen-bond donors (Lipinski definition) is 0. The molecule has 1 aromatic rings. The van der Waals surface area contributed by atoms with Gasteiger partial charge in [0.25, 0.3) is 0 Å². The van der Waals surface area contributed by atoms with Crippen LogP contribution in [0.5, 0.6) is 0 Å². The van der Waals surface area contributed by atoms with Crippen molar-refractivity contribution in [1.29, 1.82) is 0 Å². The molecule has 0 aliphatic rings. The Hall–Kier alpha value is 0.220. The van der Waals surface area contributed by atoms with Gasteiger partial charge in [-0.05, 0) is 0 Å². The third-order valence-electron chi connectivity index (χ3n) is 0.667. The van der Waals surface area contributed by atoms with Crippen molar-refractivity contribution in [2.45, 2.75) is 0 Å². The van der Waals surface area contributed by atoms with Gasteiger partial charge in [-0.3, -0.25) is 0 Å². The number of rotatable bonds is 0. The van der Waals surface area contributed by atoms with Crippen molar-refractivity contribution in [2.75, 3.05) is 0 Å². The SMILES string of the molecule is [Na].c1ccccc1. The summed E-state index contributed by atoms with van der Waals surface area (Å²) in [7, 11) is 0.